The summed E-state index contributed by atoms with van der Waals surface area (Å²) in [6.07, 6.45) is 2.21. The number of fused-ring (bicyclic) bond motifs is 1. The van der Waals surface area contributed by atoms with Crippen LogP contribution in [-0.4, -0.2) is 16.8 Å². The smallest absolute Gasteiger partial charge is 0.255 e. The number of anilines is 1. The highest BCUT2D eigenvalue weighted by Crippen LogP contribution is 2.33. The van der Waals surface area contributed by atoms with Crippen LogP contribution in [0.15, 0.2) is 72.3 Å². The first-order valence-corrected chi connectivity index (χ1v) is 9.05. The van der Waals surface area contributed by atoms with E-state index in [1.807, 2.05) is 49.4 Å². The Balaban J connectivity index is 1.56. The molecular weight excluding hydrogens is 350 g/mol. The fourth-order valence-electron chi connectivity index (χ4n) is 3.35. The van der Waals surface area contributed by atoms with Crippen LogP contribution in [0.25, 0.3) is 6.08 Å². The Morgan fingerprint density at radius 2 is 1.79 bits per heavy atom. The molecule has 0 fully saturated rings. The minimum atomic E-state index is -0.181. The van der Waals surface area contributed by atoms with Crippen LogP contribution in [0.5, 0.6) is 5.75 Å². The molecule has 4 rings (SSSR count). The third-order valence-corrected chi connectivity index (χ3v) is 4.85. The second-order valence-electron chi connectivity index (χ2n) is 6.92. The lowest BCUT2D eigenvalue weighted by Crippen LogP contribution is -2.11. The average molecular weight is 369 g/mol. The maximum atomic E-state index is 12.6. The van der Waals surface area contributed by atoms with Crippen LogP contribution in [-0.2, 0) is 6.42 Å². The fraction of sp³-hybridized carbons (Fsp3) is 0.0833. The van der Waals surface area contributed by atoms with Gasteiger partial charge >= 0.3 is 0 Å². The number of allylic oxidation sites excluding steroid dienone is 1. The maximum Gasteiger partial charge on any atom is 0.255 e. The van der Waals surface area contributed by atoms with Gasteiger partial charge in [0.15, 0.2) is 5.78 Å². The number of phenolic OH excluding ortho intramolecular Hbond substituents is 1. The first-order chi connectivity index (χ1) is 13.5. The predicted molar refractivity (Wildman–Crippen MR) is 110 cm³/mol. The van der Waals surface area contributed by atoms with E-state index in [4.69, 9.17) is 0 Å². The number of hydrogen-bond donors (Lipinski definition) is 2. The van der Waals surface area contributed by atoms with Crippen LogP contribution in [0.2, 0.25) is 0 Å². The molecule has 0 aliphatic heterocycles. The Kier molecular flexibility index (Phi) is 4.53. The molecule has 28 heavy (non-hydrogen) atoms. The van der Waals surface area contributed by atoms with Crippen molar-refractivity contribution in [3.8, 4) is 5.75 Å². The van der Waals surface area contributed by atoms with Crippen molar-refractivity contribution < 1.29 is 14.7 Å². The molecule has 4 heteroatoms. The van der Waals surface area contributed by atoms with Gasteiger partial charge in [0, 0.05) is 34.4 Å². The molecule has 0 unspecified atom stereocenters. The van der Waals surface area contributed by atoms with Gasteiger partial charge in [0.2, 0.25) is 0 Å². The Morgan fingerprint density at radius 1 is 1.04 bits per heavy atom. The third-order valence-electron chi connectivity index (χ3n) is 4.85. The van der Waals surface area contributed by atoms with Crippen LogP contribution in [0, 0.1) is 6.92 Å². The first kappa shape index (κ1) is 17.7. The number of carbonyl (C=O) groups is 2. The topological polar surface area (TPSA) is 66.4 Å². The molecule has 0 radical (unpaired) electrons. The van der Waals surface area contributed by atoms with E-state index >= 15 is 0 Å². The van der Waals surface area contributed by atoms with Gasteiger partial charge in [0.25, 0.3) is 5.91 Å². The van der Waals surface area contributed by atoms with E-state index in [0.29, 0.717) is 34.4 Å². The number of nitrogens with one attached hydrogen (secondary N) is 1. The van der Waals surface area contributed by atoms with Gasteiger partial charge in [-0.1, -0.05) is 42.0 Å². The molecule has 0 saturated heterocycles. The number of carbonyl (C=O) groups excluding carboxylic acids is 2. The molecule has 0 bridgehead atoms. The van der Waals surface area contributed by atoms with Gasteiger partial charge in [-0.05, 0) is 48.9 Å². The molecule has 1 aliphatic carbocycles. The second kappa shape index (κ2) is 7.16. The van der Waals surface area contributed by atoms with E-state index in [0.717, 1.165) is 11.1 Å². The lowest BCUT2D eigenvalue weighted by Gasteiger charge is -2.07. The molecule has 1 amide bonds. The summed E-state index contributed by atoms with van der Waals surface area (Å²) in [6, 6.07) is 19.7. The minimum Gasteiger partial charge on any atom is -0.508 e. The molecule has 0 saturated carbocycles. The molecule has 138 valence electrons. The average Bonchev–Trinajstić information content (AvgIpc) is 3.00. The zero-order chi connectivity index (χ0) is 19.7. The summed E-state index contributed by atoms with van der Waals surface area (Å²) in [5.74, 6) is -0.104. The summed E-state index contributed by atoms with van der Waals surface area (Å²) in [6.45, 7) is 1.97. The lowest BCUT2D eigenvalue weighted by molar-refractivity contribution is 0.102. The minimum absolute atomic E-state index is 0.0694. The largest absolute Gasteiger partial charge is 0.508 e. The monoisotopic (exact) mass is 369 g/mol. The number of amides is 1. The highest BCUT2D eigenvalue weighted by atomic mass is 16.3. The van der Waals surface area contributed by atoms with Crippen LogP contribution < -0.4 is 5.32 Å². The number of hydrogen-bond acceptors (Lipinski definition) is 3. The predicted octanol–water partition coefficient (Wildman–Crippen LogP) is 4.78. The number of benzene rings is 3. The second-order valence-corrected chi connectivity index (χ2v) is 6.92. The van der Waals surface area contributed by atoms with E-state index in [2.05, 4.69) is 5.32 Å². The number of rotatable bonds is 3. The van der Waals surface area contributed by atoms with Crippen molar-refractivity contribution in [2.45, 2.75) is 13.3 Å². The quantitative estimate of drug-likeness (QED) is 0.653. The van der Waals surface area contributed by atoms with Gasteiger partial charge < -0.3 is 10.4 Å². The Hall–Kier alpha value is -3.66. The van der Waals surface area contributed by atoms with E-state index in [1.54, 1.807) is 30.3 Å². The van der Waals surface area contributed by atoms with Crippen molar-refractivity contribution in [1.82, 2.24) is 0 Å². The Labute approximate surface area is 163 Å². The zero-order valence-electron chi connectivity index (χ0n) is 15.4. The highest BCUT2D eigenvalue weighted by molar-refractivity contribution is 6.16. The van der Waals surface area contributed by atoms with Gasteiger partial charge in [-0.15, -0.1) is 0 Å². The number of aryl methyl sites for hydroxylation is 1. The fourth-order valence-corrected chi connectivity index (χ4v) is 3.35. The van der Waals surface area contributed by atoms with E-state index in [-0.39, 0.29) is 17.4 Å². The Morgan fingerprint density at radius 3 is 2.54 bits per heavy atom. The van der Waals surface area contributed by atoms with Crippen LogP contribution in [0.4, 0.5) is 5.69 Å². The summed E-state index contributed by atoms with van der Waals surface area (Å²) >= 11 is 0. The summed E-state index contributed by atoms with van der Waals surface area (Å²) < 4.78 is 0. The summed E-state index contributed by atoms with van der Waals surface area (Å²) in [4.78, 5) is 25.0. The Bertz CT molecular complexity index is 1110. The first-order valence-electron chi connectivity index (χ1n) is 9.05. The van der Waals surface area contributed by atoms with Gasteiger partial charge in [-0.3, -0.25) is 9.59 Å². The molecule has 1 aliphatic rings. The van der Waals surface area contributed by atoms with Gasteiger partial charge in [0.1, 0.15) is 5.75 Å². The molecule has 0 atom stereocenters. The number of aromatic hydroxyl groups is 1. The lowest BCUT2D eigenvalue weighted by atomic mass is 10.1. The molecule has 0 aromatic heterocycles. The standard InChI is InChI=1S/C24H19NO3/c1-15-8-10-17(11-9-15)24(28)25-19-5-2-4-16(13-19)12-18-14-21-20(23(18)27)6-3-7-22(21)26/h2-13,26H,14H2,1H3,(H,25,28)/b18-12+. The van der Waals surface area contributed by atoms with Crippen molar-refractivity contribution in [3.05, 3.63) is 100 Å². The molecule has 0 spiro atoms. The van der Waals surface area contributed by atoms with Gasteiger partial charge in [-0.25, -0.2) is 0 Å². The molecule has 3 aromatic carbocycles. The van der Waals surface area contributed by atoms with Crippen LogP contribution in [0.1, 0.15) is 37.4 Å². The van der Waals surface area contributed by atoms with Crippen molar-refractivity contribution >= 4 is 23.5 Å². The summed E-state index contributed by atoms with van der Waals surface area (Å²) in [5.41, 5.74) is 5.00. The molecule has 4 nitrogen and oxygen atoms in total. The number of ketones is 1. The van der Waals surface area contributed by atoms with Crippen molar-refractivity contribution in [1.29, 1.82) is 0 Å². The van der Waals surface area contributed by atoms with Crippen LogP contribution in [0.3, 0.4) is 0 Å². The zero-order valence-corrected chi connectivity index (χ0v) is 15.4. The van der Waals surface area contributed by atoms with E-state index < -0.39 is 0 Å². The third kappa shape index (κ3) is 3.45. The van der Waals surface area contributed by atoms with Crippen LogP contribution >= 0.6 is 0 Å². The maximum absolute atomic E-state index is 12.6. The normalized spacial score (nSPS) is 14.2. The molecule has 3 aromatic rings. The number of Topliss-reactive ketones (excluding diaryl/α,β-unsaturated/α-hetero) is 1. The SMILES string of the molecule is Cc1ccc(C(=O)Nc2cccc(/C=C3\Cc4c(O)cccc4C3=O)c2)cc1. The number of phenols is 1. The summed E-state index contributed by atoms with van der Waals surface area (Å²) in [5, 5.41) is 12.9. The van der Waals surface area contributed by atoms with E-state index in [1.165, 1.54) is 0 Å². The van der Waals surface area contributed by atoms with Gasteiger partial charge in [0.05, 0.1) is 0 Å². The summed E-state index contributed by atoms with van der Waals surface area (Å²) in [7, 11) is 0. The molecular formula is C24H19NO3. The highest BCUT2D eigenvalue weighted by Gasteiger charge is 2.26. The van der Waals surface area contributed by atoms with Crippen molar-refractivity contribution in [3.63, 3.8) is 0 Å². The van der Waals surface area contributed by atoms with Crippen molar-refractivity contribution in [2.24, 2.45) is 0 Å². The van der Waals surface area contributed by atoms with Crippen molar-refractivity contribution in [2.75, 3.05) is 5.32 Å². The molecule has 2 N–H and O–H groups in total. The van der Waals surface area contributed by atoms with Gasteiger partial charge in [-0.2, -0.15) is 0 Å². The van der Waals surface area contributed by atoms with E-state index in [9.17, 15) is 14.7 Å². The molecule has 0 heterocycles.